The summed E-state index contributed by atoms with van der Waals surface area (Å²) in [6, 6.07) is 9.77. The molecular formula is C63H82BN. The van der Waals surface area contributed by atoms with Crippen molar-refractivity contribution in [2.75, 3.05) is 0 Å². The predicted octanol–water partition coefficient (Wildman–Crippen LogP) is 17.6. The van der Waals surface area contributed by atoms with Crippen LogP contribution >= 0.6 is 0 Å². The predicted molar refractivity (Wildman–Crippen MR) is 288 cm³/mol. The normalized spacial score (nSPS) is 25.1. The molecule has 0 spiro atoms. The molecule has 4 aliphatic carbocycles. The molecule has 2 bridgehead atoms. The average molecular weight is 864 g/mol. The van der Waals surface area contributed by atoms with E-state index in [2.05, 4.69) is 192 Å². The molecule has 1 heterocycles. The third kappa shape index (κ3) is 10.4. The van der Waals surface area contributed by atoms with Gasteiger partial charge in [0, 0.05) is 23.0 Å². The van der Waals surface area contributed by atoms with Crippen molar-refractivity contribution in [3.63, 3.8) is 0 Å². The summed E-state index contributed by atoms with van der Waals surface area (Å²) in [6.45, 7) is 45.4. The van der Waals surface area contributed by atoms with Crippen LogP contribution in [0.2, 0.25) is 0 Å². The van der Waals surface area contributed by atoms with Crippen LogP contribution in [-0.4, -0.2) is 11.6 Å². The summed E-state index contributed by atoms with van der Waals surface area (Å²) in [6.07, 6.45) is 37.1. The summed E-state index contributed by atoms with van der Waals surface area (Å²) < 4.78 is 0. The van der Waals surface area contributed by atoms with Crippen LogP contribution in [0, 0.1) is 22.7 Å². The molecule has 0 saturated heterocycles. The third-order valence-electron chi connectivity index (χ3n) is 15.4. The molecular weight excluding hydrogens is 782 g/mol. The lowest BCUT2D eigenvalue weighted by Gasteiger charge is -2.38. The first-order chi connectivity index (χ1) is 30.9. The lowest BCUT2D eigenvalue weighted by Crippen LogP contribution is -2.38. The van der Waals surface area contributed by atoms with Gasteiger partial charge < -0.3 is 4.90 Å². The zero-order valence-corrected chi connectivity index (χ0v) is 42.8. The Hall–Kier alpha value is -4.82. The van der Waals surface area contributed by atoms with E-state index in [-0.39, 0.29) is 17.5 Å². The number of hydrogen-bond donors (Lipinski definition) is 0. The van der Waals surface area contributed by atoms with E-state index < -0.39 is 0 Å². The Morgan fingerprint density at radius 3 is 2.23 bits per heavy atom. The summed E-state index contributed by atoms with van der Waals surface area (Å²) >= 11 is 0. The Balaban J connectivity index is 1.39. The second kappa shape index (κ2) is 20.8. The van der Waals surface area contributed by atoms with E-state index in [0.29, 0.717) is 11.8 Å². The monoisotopic (exact) mass is 864 g/mol. The Labute approximate surface area is 397 Å². The zero-order chi connectivity index (χ0) is 47.4. The second-order valence-corrected chi connectivity index (χ2v) is 21.4. The van der Waals surface area contributed by atoms with E-state index in [4.69, 9.17) is 13.2 Å². The van der Waals surface area contributed by atoms with E-state index in [9.17, 15) is 0 Å². The zero-order valence-electron chi connectivity index (χ0n) is 42.8. The van der Waals surface area contributed by atoms with Gasteiger partial charge >= 0.3 is 0 Å². The molecule has 65 heavy (non-hydrogen) atoms. The molecule has 0 amide bonds. The molecule has 1 aliphatic heterocycles. The maximum Gasteiger partial charge on any atom is 0.242 e. The molecule has 0 radical (unpaired) electrons. The van der Waals surface area contributed by atoms with Gasteiger partial charge in [0.1, 0.15) is 0 Å². The van der Waals surface area contributed by atoms with Crippen LogP contribution in [0.3, 0.4) is 0 Å². The smallest absolute Gasteiger partial charge is 0.242 e. The molecule has 2 fully saturated rings. The van der Waals surface area contributed by atoms with Crippen molar-refractivity contribution in [1.29, 1.82) is 0 Å². The van der Waals surface area contributed by atoms with Gasteiger partial charge in [-0.15, -0.1) is 0 Å². The molecule has 342 valence electrons. The summed E-state index contributed by atoms with van der Waals surface area (Å²) in [5.41, 5.74) is 22.5. The van der Waals surface area contributed by atoms with Crippen LogP contribution in [0.1, 0.15) is 159 Å². The number of hydrogen-bond acceptors (Lipinski definition) is 1. The van der Waals surface area contributed by atoms with Crippen molar-refractivity contribution < 1.29 is 0 Å². The van der Waals surface area contributed by atoms with Gasteiger partial charge in [0.05, 0.1) is 0 Å². The first kappa shape index (κ1) is 49.6. The molecule has 5 aliphatic rings. The van der Waals surface area contributed by atoms with Gasteiger partial charge in [-0.1, -0.05) is 181 Å². The van der Waals surface area contributed by atoms with Crippen LogP contribution < -0.4 is 5.46 Å². The standard InChI is InChI=1S/C63H82BN/c1-17-25-57-58(20-4)65(59-27-24-22-21-23-26-50(59)38-62(57,15)16)55(19-3)33-28-48(14)63-39-52(36-51-37-53(40-63)56(51)41-63)49-29-31-54(32-30-49)64(60(44(9)10)46(12)34-42(5)6)61(45(11)18-2)47(13)35-43(7)8/h17,19-20,23,25-26,28-36,52-53,56H,4-5,11,14,18,21-22,24,27,37-41H2,1-3,6-10,12-13,15-16H3/b25-17-,26-23-,33-28-,46-34-,55-19+,61-47+. The molecule has 1 aromatic rings. The topological polar surface area (TPSA) is 3.24 Å². The van der Waals surface area contributed by atoms with E-state index in [1.54, 1.807) is 5.57 Å². The fraction of sp³-hybridized carbons (Fsp3) is 0.429. The number of rotatable bonds is 15. The molecule has 0 aromatic heterocycles. The third-order valence-corrected chi connectivity index (χ3v) is 15.4. The maximum absolute atomic E-state index is 4.99. The second-order valence-electron chi connectivity index (χ2n) is 21.4. The number of fused-ring (bicyclic) bond motifs is 1. The largest absolute Gasteiger partial charge is 0.314 e. The average Bonchev–Trinajstić information content (AvgIpc) is 3.40. The van der Waals surface area contributed by atoms with Gasteiger partial charge in [-0.2, -0.15) is 0 Å². The van der Waals surface area contributed by atoms with Gasteiger partial charge in [-0.25, -0.2) is 0 Å². The van der Waals surface area contributed by atoms with Crippen molar-refractivity contribution in [1.82, 2.24) is 4.90 Å². The molecule has 0 N–H and O–H groups in total. The van der Waals surface area contributed by atoms with Crippen molar-refractivity contribution >= 4 is 12.2 Å². The molecule has 6 rings (SSSR count). The van der Waals surface area contributed by atoms with Crippen LogP contribution in [0.5, 0.6) is 0 Å². The summed E-state index contributed by atoms with van der Waals surface area (Å²) in [5.74, 6) is 1.80. The van der Waals surface area contributed by atoms with Crippen LogP contribution in [0.15, 0.2) is 201 Å². The minimum Gasteiger partial charge on any atom is -0.314 e. The first-order valence-corrected chi connectivity index (χ1v) is 25.0. The Morgan fingerprint density at radius 1 is 0.892 bits per heavy atom. The summed E-state index contributed by atoms with van der Waals surface area (Å²) in [5, 5.41) is 0. The highest BCUT2D eigenvalue weighted by atomic mass is 15.2. The fourth-order valence-corrected chi connectivity index (χ4v) is 12.4. The van der Waals surface area contributed by atoms with E-state index >= 15 is 0 Å². The molecule has 2 saturated carbocycles. The number of allylic oxidation sites excluding steroid dienone is 24. The highest BCUT2D eigenvalue weighted by molar-refractivity contribution is 6.87. The first-order valence-electron chi connectivity index (χ1n) is 25.0. The van der Waals surface area contributed by atoms with E-state index in [1.807, 2.05) is 0 Å². The lowest BCUT2D eigenvalue weighted by atomic mass is 9.32. The SMILES string of the molecule is C=CC1=C(/C=C\C)C(C)(C)CC2=C(CCCC/C=C\2)N1C(/C=C\C(=C)C12CC(c3ccc(B(C(=C(C)C)/C(C)=C\C(=C)C)/C(C(=C)CC)=C(\C)C=C(C)C)cc3)C=C3CC(C1)C3C2)=C/C. The molecule has 1 nitrogen and oxygen atoms in total. The molecule has 4 atom stereocenters. The van der Waals surface area contributed by atoms with Gasteiger partial charge in [0.15, 0.2) is 0 Å². The van der Waals surface area contributed by atoms with E-state index in [0.717, 1.165) is 43.6 Å². The highest BCUT2D eigenvalue weighted by Crippen LogP contribution is 2.66. The van der Waals surface area contributed by atoms with Crippen molar-refractivity contribution in [2.45, 2.75) is 153 Å². The fourth-order valence-electron chi connectivity index (χ4n) is 12.4. The summed E-state index contributed by atoms with van der Waals surface area (Å²) in [4.78, 5) is 2.56. The quantitative estimate of drug-likeness (QED) is 0.0965. The van der Waals surface area contributed by atoms with E-state index in [1.165, 1.54) is 116 Å². The Morgan fingerprint density at radius 2 is 1.62 bits per heavy atom. The molecule has 1 aromatic carbocycles. The minimum atomic E-state index is -0.0373. The molecule has 4 unspecified atom stereocenters. The van der Waals surface area contributed by atoms with Crippen molar-refractivity contribution in [3.05, 3.63) is 207 Å². The minimum absolute atomic E-state index is 0.0373. The van der Waals surface area contributed by atoms with Gasteiger partial charge in [0.2, 0.25) is 6.71 Å². The van der Waals surface area contributed by atoms with Crippen molar-refractivity contribution in [2.24, 2.45) is 22.7 Å². The number of benzene rings is 1. The maximum atomic E-state index is 4.99. The van der Waals surface area contributed by atoms with Crippen molar-refractivity contribution in [3.8, 4) is 0 Å². The highest BCUT2D eigenvalue weighted by Gasteiger charge is 2.54. The Bertz CT molecular complexity index is 2420. The Kier molecular flexibility index (Phi) is 15.9. The van der Waals surface area contributed by atoms with Crippen LogP contribution in [-0.2, 0) is 0 Å². The summed E-state index contributed by atoms with van der Waals surface area (Å²) in [7, 11) is 0. The van der Waals surface area contributed by atoms with Crippen LogP contribution in [0.25, 0.3) is 0 Å². The van der Waals surface area contributed by atoms with Gasteiger partial charge in [-0.3, -0.25) is 0 Å². The molecule has 2 heteroatoms. The lowest BCUT2D eigenvalue weighted by molar-refractivity contribution is 0.298. The van der Waals surface area contributed by atoms with Crippen LogP contribution in [0.4, 0.5) is 0 Å². The van der Waals surface area contributed by atoms with Gasteiger partial charge in [0.25, 0.3) is 0 Å². The van der Waals surface area contributed by atoms with Gasteiger partial charge in [-0.05, 0) is 184 Å². The number of nitrogens with zero attached hydrogens (tertiary/aromatic N) is 1.